The maximum atomic E-state index is 11.5. The molecule has 3 N–H and O–H groups in total. The second-order valence-electron chi connectivity index (χ2n) is 4.92. The van der Waals surface area contributed by atoms with Gasteiger partial charge in [0, 0.05) is 46.2 Å². The maximum absolute atomic E-state index is 11.5. The Labute approximate surface area is 134 Å². The largest absolute Gasteiger partial charge is 0.378 e. The van der Waals surface area contributed by atoms with E-state index in [2.05, 4.69) is 16.0 Å². The van der Waals surface area contributed by atoms with Crippen LogP contribution in [0, 0.1) is 10.1 Å². The molecule has 0 saturated carbocycles. The van der Waals surface area contributed by atoms with E-state index in [1.807, 2.05) is 0 Å². The van der Waals surface area contributed by atoms with Gasteiger partial charge in [-0.1, -0.05) is 12.1 Å². The van der Waals surface area contributed by atoms with Gasteiger partial charge in [-0.2, -0.15) is 0 Å². The van der Waals surface area contributed by atoms with E-state index in [1.54, 1.807) is 32.3 Å². The average Bonchev–Trinajstić information content (AvgIpc) is 2.51. The minimum absolute atomic E-state index is 0.0147. The van der Waals surface area contributed by atoms with Crippen LogP contribution in [-0.2, 0) is 4.79 Å². The zero-order valence-corrected chi connectivity index (χ0v) is 13.2. The fourth-order valence-electron chi connectivity index (χ4n) is 1.72. The Morgan fingerprint density at radius 3 is 2.43 bits per heavy atom. The zero-order chi connectivity index (χ0) is 17.2. The number of rotatable bonds is 8. The van der Waals surface area contributed by atoms with E-state index < -0.39 is 4.92 Å². The van der Waals surface area contributed by atoms with Crippen LogP contribution >= 0.6 is 0 Å². The molecule has 0 unspecified atom stereocenters. The van der Waals surface area contributed by atoms with Gasteiger partial charge in [0.2, 0.25) is 5.91 Å². The topological polar surface area (TPSA) is 117 Å². The molecule has 0 aliphatic carbocycles. The molecule has 0 atom stereocenters. The van der Waals surface area contributed by atoms with Gasteiger partial charge < -0.3 is 20.9 Å². The van der Waals surface area contributed by atoms with Gasteiger partial charge in [-0.25, -0.2) is 4.79 Å². The molecule has 126 valence electrons. The highest BCUT2D eigenvalue weighted by atomic mass is 16.6. The summed E-state index contributed by atoms with van der Waals surface area (Å²) in [5.41, 5.74) is 0.385. The van der Waals surface area contributed by atoms with E-state index in [0.717, 1.165) is 0 Å². The van der Waals surface area contributed by atoms with Gasteiger partial charge in [0.25, 0.3) is 5.69 Å². The average molecular weight is 323 g/mol. The van der Waals surface area contributed by atoms with Crippen molar-refractivity contribution in [2.24, 2.45) is 0 Å². The van der Waals surface area contributed by atoms with Crippen molar-refractivity contribution in [3.8, 4) is 0 Å². The molecular formula is C14H21N5O4. The van der Waals surface area contributed by atoms with Gasteiger partial charge in [-0.3, -0.25) is 14.9 Å². The van der Waals surface area contributed by atoms with E-state index in [-0.39, 0.29) is 30.6 Å². The van der Waals surface area contributed by atoms with Crippen molar-refractivity contribution in [2.75, 3.05) is 39.0 Å². The molecular weight excluding hydrogens is 302 g/mol. The highest BCUT2D eigenvalue weighted by molar-refractivity contribution is 5.77. The van der Waals surface area contributed by atoms with Crippen molar-refractivity contribution in [3.05, 3.63) is 34.4 Å². The van der Waals surface area contributed by atoms with Crippen LogP contribution in [0.5, 0.6) is 0 Å². The second-order valence-corrected chi connectivity index (χ2v) is 4.92. The third-order valence-electron chi connectivity index (χ3n) is 2.95. The van der Waals surface area contributed by atoms with Crippen molar-refractivity contribution in [3.63, 3.8) is 0 Å². The van der Waals surface area contributed by atoms with Gasteiger partial charge >= 0.3 is 6.03 Å². The first kappa shape index (κ1) is 18.2. The number of hydrogen-bond acceptors (Lipinski definition) is 5. The Bertz CT molecular complexity index is 562. The Kier molecular flexibility index (Phi) is 7.31. The summed E-state index contributed by atoms with van der Waals surface area (Å²) in [7, 11) is 3.30. The molecule has 0 aliphatic heterocycles. The predicted octanol–water partition coefficient (Wildman–Crippen LogP) is 0.784. The van der Waals surface area contributed by atoms with Crippen molar-refractivity contribution >= 4 is 23.3 Å². The fourth-order valence-corrected chi connectivity index (χ4v) is 1.72. The predicted molar refractivity (Wildman–Crippen MR) is 86.3 cm³/mol. The summed E-state index contributed by atoms with van der Waals surface area (Å²) < 4.78 is 0. The lowest BCUT2D eigenvalue weighted by molar-refractivity contribution is -0.384. The number of nitrogens with one attached hydrogen (secondary N) is 3. The molecule has 0 saturated heterocycles. The lowest BCUT2D eigenvalue weighted by Gasteiger charge is -2.11. The first-order valence-corrected chi connectivity index (χ1v) is 7.11. The van der Waals surface area contributed by atoms with E-state index in [9.17, 15) is 19.7 Å². The summed E-state index contributed by atoms with van der Waals surface area (Å²) in [4.78, 5) is 34.6. The number of carbonyl (C=O) groups excluding carboxylic acids is 2. The molecule has 0 spiro atoms. The highest BCUT2D eigenvalue weighted by Crippen LogP contribution is 2.22. The molecule has 0 aliphatic rings. The number of carbonyl (C=O) groups is 2. The molecule has 0 heterocycles. The third kappa shape index (κ3) is 6.64. The van der Waals surface area contributed by atoms with Crippen molar-refractivity contribution in [2.45, 2.75) is 6.42 Å². The van der Waals surface area contributed by atoms with Crippen molar-refractivity contribution < 1.29 is 14.5 Å². The molecule has 1 rings (SSSR count). The van der Waals surface area contributed by atoms with Crippen LogP contribution in [0.1, 0.15) is 6.42 Å². The number of para-hydroxylation sites is 2. The summed E-state index contributed by atoms with van der Waals surface area (Å²) in [5.74, 6) is -0.0663. The Hall–Kier alpha value is -2.84. The molecule has 0 aromatic heterocycles. The van der Waals surface area contributed by atoms with Crippen LogP contribution in [0.4, 0.5) is 16.2 Å². The summed E-state index contributed by atoms with van der Waals surface area (Å²) in [6.45, 7) is 0.884. The van der Waals surface area contributed by atoms with Gasteiger partial charge in [0.05, 0.1) is 4.92 Å². The molecule has 9 heteroatoms. The number of nitrogens with zero attached hydrogens (tertiary/aromatic N) is 2. The van der Waals surface area contributed by atoms with Crippen LogP contribution < -0.4 is 16.0 Å². The van der Waals surface area contributed by atoms with Crippen LogP contribution in [0.15, 0.2) is 24.3 Å². The Morgan fingerprint density at radius 1 is 1.13 bits per heavy atom. The molecule has 0 fully saturated rings. The van der Waals surface area contributed by atoms with Gasteiger partial charge in [-0.15, -0.1) is 0 Å². The highest BCUT2D eigenvalue weighted by Gasteiger charge is 2.11. The quantitative estimate of drug-likeness (QED) is 0.371. The van der Waals surface area contributed by atoms with E-state index in [1.165, 1.54) is 11.0 Å². The first-order chi connectivity index (χ1) is 10.9. The number of hydrogen-bond donors (Lipinski definition) is 3. The van der Waals surface area contributed by atoms with E-state index in [4.69, 9.17) is 0 Å². The van der Waals surface area contributed by atoms with Crippen LogP contribution in [0.25, 0.3) is 0 Å². The van der Waals surface area contributed by atoms with Crippen molar-refractivity contribution in [1.29, 1.82) is 0 Å². The molecule has 9 nitrogen and oxygen atoms in total. The lowest BCUT2D eigenvalue weighted by atomic mass is 10.2. The minimum Gasteiger partial charge on any atom is -0.378 e. The Balaban J connectivity index is 2.23. The van der Waals surface area contributed by atoms with Gasteiger partial charge in [0.1, 0.15) is 5.69 Å². The zero-order valence-electron chi connectivity index (χ0n) is 13.2. The molecule has 3 amide bonds. The summed E-state index contributed by atoms with van der Waals surface area (Å²) in [5, 5.41) is 18.9. The number of nitro groups is 1. The normalized spacial score (nSPS) is 9.83. The molecule has 1 aromatic rings. The third-order valence-corrected chi connectivity index (χ3v) is 2.95. The van der Waals surface area contributed by atoms with Crippen LogP contribution in [0.2, 0.25) is 0 Å². The SMILES string of the molecule is CN(C)C(=O)CCNC(=O)NCCNc1ccccc1[N+](=O)[O-]. The fraction of sp³-hybridized carbons (Fsp3) is 0.429. The van der Waals surface area contributed by atoms with Gasteiger partial charge in [0.15, 0.2) is 0 Å². The molecule has 0 bridgehead atoms. The number of urea groups is 1. The minimum atomic E-state index is -0.468. The second kappa shape index (κ2) is 9.23. The summed E-state index contributed by atoms with van der Waals surface area (Å²) in [6, 6.07) is 5.90. The molecule has 23 heavy (non-hydrogen) atoms. The molecule has 0 radical (unpaired) electrons. The number of benzene rings is 1. The maximum Gasteiger partial charge on any atom is 0.314 e. The lowest BCUT2D eigenvalue weighted by Crippen LogP contribution is -2.39. The monoisotopic (exact) mass is 323 g/mol. The van der Waals surface area contributed by atoms with Crippen LogP contribution in [0.3, 0.4) is 0 Å². The number of amides is 3. The smallest absolute Gasteiger partial charge is 0.314 e. The van der Waals surface area contributed by atoms with Crippen molar-refractivity contribution in [1.82, 2.24) is 15.5 Å². The Morgan fingerprint density at radius 2 is 1.78 bits per heavy atom. The standard InChI is InChI=1S/C14H21N5O4/c1-18(2)13(20)7-8-16-14(21)17-10-9-15-11-5-3-4-6-12(11)19(22)23/h3-6,15H,7-10H2,1-2H3,(H2,16,17,21). The van der Waals surface area contributed by atoms with E-state index in [0.29, 0.717) is 18.8 Å². The first-order valence-electron chi connectivity index (χ1n) is 7.11. The number of anilines is 1. The number of nitro benzene ring substituents is 1. The summed E-state index contributed by atoms with van der Waals surface area (Å²) >= 11 is 0. The van der Waals surface area contributed by atoms with Crippen LogP contribution in [-0.4, -0.2) is 55.5 Å². The van der Waals surface area contributed by atoms with Gasteiger partial charge in [-0.05, 0) is 6.07 Å². The summed E-state index contributed by atoms with van der Waals surface area (Å²) in [6.07, 6.45) is 0.231. The molecule has 1 aromatic carbocycles. The van der Waals surface area contributed by atoms with E-state index >= 15 is 0 Å².